The fourth-order valence-electron chi connectivity index (χ4n) is 2.94. The number of rotatable bonds is 8. The predicted molar refractivity (Wildman–Crippen MR) is 141 cm³/mol. The zero-order valence-corrected chi connectivity index (χ0v) is 21.9. The molecule has 0 fully saturated rings. The third-order valence-corrected chi connectivity index (χ3v) is 5.76. The largest absolute Gasteiger partial charge is 0.506 e. The van der Waals surface area contributed by atoms with E-state index in [1.807, 2.05) is 0 Å². The molecule has 10 heteroatoms. The van der Waals surface area contributed by atoms with E-state index < -0.39 is 11.8 Å². The van der Waals surface area contributed by atoms with Crippen LogP contribution in [0.3, 0.4) is 0 Å². The van der Waals surface area contributed by atoms with Crippen LogP contribution in [0.1, 0.15) is 21.5 Å². The Balaban J connectivity index is 1.91. The van der Waals surface area contributed by atoms with Gasteiger partial charge in [-0.25, -0.2) is 5.43 Å². The molecule has 8 nitrogen and oxygen atoms in total. The number of nitrogens with one attached hydrogen (secondary N) is 2. The lowest BCUT2D eigenvalue weighted by Gasteiger charge is -2.12. The van der Waals surface area contributed by atoms with Crippen molar-refractivity contribution < 1.29 is 24.2 Å². The highest BCUT2D eigenvalue weighted by molar-refractivity contribution is 9.11. The molecule has 0 radical (unpaired) electrons. The van der Waals surface area contributed by atoms with Crippen molar-refractivity contribution in [1.82, 2.24) is 10.7 Å². The molecule has 0 atom stereocenters. The van der Waals surface area contributed by atoms with Gasteiger partial charge in [0, 0.05) is 27.2 Å². The zero-order chi connectivity index (χ0) is 25.4. The van der Waals surface area contributed by atoms with Crippen LogP contribution in [0.2, 0.25) is 0 Å². The number of halogens is 2. The maximum absolute atomic E-state index is 13.0. The number of hydrogen-bond acceptors (Lipinski definition) is 6. The van der Waals surface area contributed by atoms with Crippen molar-refractivity contribution in [2.75, 3.05) is 14.2 Å². The summed E-state index contributed by atoms with van der Waals surface area (Å²) in [6.07, 6.45) is 2.75. The summed E-state index contributed by atoms with van der Waals surface area (Å²) in [6, 6.07) is 16.8. The number of hydrazone groups is 1. The van der Waals surface area contributed by atoms with Crippen LogP contribution >= 0.6 is 31.9 Å². The molecule has 180 valence electrons. The number of carbonyl (C=O) groups is 2. The van der Waals surface area contributed by atoms with Crippen LogP contribution in [-0.4, -0.2) is 37.4 Å². The molecular formula is C25H21Br2N3O5. The van der Waals surface area contributed by atoms with Crippen molar-refractivity contribution in [3.8, 4) is 17.2 Å². The second-order valence-corrected chi connectivity index (χ2v) is 8.78. The van der Waals surface area contributed by atoms with Crippen LogP contribution in [-0.2, 0) is 4.79 Å². The molecule has 3 N–H and O–H groups in total. The molecule has 0 spiro atoms. The average molecular weight is 603 g/mol. The minimum atomic E-state index is -0.683. The third kappa shape index (κ3) is 6.93. The standard InChI is InChI=1S/C25H21Br2N3O5/c1-34-19-9-8-16(22(13-19)35-2)11-21(29-24(32)15-6-4-3-5-7-15)25(33)30-28-14-17-10-18(26)12-20(27)23(17)31/h3-14,31H,1-2H3,(H,29,32)(H,30,33). The quantitative estimate of drug-likeness (QED) is 0.194. The number of phenols is 1. The summed E-state index contributed by atoms with van der Waals surface area (Å²) in [6.45, 7) is 0. The molecule has 0 aliphatic rings. The van der Waals surface area contributed by atoms with Gasteiger partial charge in [-0.3, -0.25) is 9.59 Å². The number of phenolic OH excluding ortho intramolecular Hbond substituents is 1. The summed E-state index contributed by atoms with van der Waals surface area (Å²) in [5.74, 6) is -0.185. The van der Waals surface area contributed by atoms with Gasteiger partial charge >= 0.3 is 0 Å². The Labute approximate surface area is 218 Å². The Morgan fingerprint density at radius 1 is 0.971 bits per heavy atom. The van der Waals surface area contributed by atoms with Crippen LogP contribution in [0, 0.1) is 0 Å². The van der Waals surface area contributed by atoms with E-state index in [-0.39, 0.29) is 11.4 Å². The molecule has 0 aliphatic carbocycles. The maximum Gasteiger partial charge on any atom is 0.287 e. The van der Waals surface area contributed by atoms with Crippen LogP contribution in [0.15, 0.2) is 80.4 Å². The van der Waals surface area contributed by atoms with E-state index >= 15 is 0 Å². The van der Waals surface area contributed by atoms with Crippen LogP contribution in [0.25, 0.3) is 6.08 Å². The normalized spacial score (nSPS) is 11.3. The second-order valence-electron chi connectivity index (χ2n) is 7.01. The van der Waals surface area contributed by atoms with Crippen molar-refractivity contribution in [3.63, 3.8) is 0 Å². The molecule has 0 aromatic heterocycles. The van der Waals surface area contributed by atoms with Crippen molar-refractivity contribution in [2.24, 2.45) is 5.10 Å². The van der Waals surface area contributed by atoms with E-state index in [1.54, 1.807) is 60.7 Å². The predicted octanol–water partition coefficient (Wildman–Crippen LogP) is 4.86. The van der Waals surface area contributed by atoms with Crippen molar-refractivity contribution in [1.29, 1.82) is 0 Å². The number of amides is 2. The Kier molecular flexibility index (Phi) is 9.04. The van der Waals surface area contributed by atoms with Crippen LogP contribution < -0.4 is 20.2 Å². The SMILES string of the molecule is COc1ccc(C=C(NC(=O)c2ccccc2)C(=O)NN=Cc2cc(Br)cc(Br)c2O)c(OC)c1. The third-order valence-electron chi connectivity index (χ3n) is 4.70. The number of aromatic hydroxyl groups is 1. The highest BCUT2D eigenvalue weighted by Crippen LogP contribution is 2.30. The fourth-order valence-corrected chi connectivity index (χ4v) is 4.20. The molecule has 0 bridgehead atoms. The Bertz CT molecular complexity index is 1290. The number of benzene rings is 3. The summed E-state index contributed by atoms with van der Waals surface area (Å²) in [7, 11) is 3.02. The van der Waals surface area contributed by atoms with E-state index in [2.05, 4.69) is 47.7 Å². The van der Waals surface area contributed by atoms with Gasteiger partial charge < -0.3 is 19.9 Å². The molecule has 0 saturated carbocycles. The number of carbonyl (C=O) groups excluding carboxylic acids is 2. The molecule has 2 amide bonds. The fraction of sp³-hybridized carbons (Fsp3) is 0.0800. The van der Waals surface area contributed by atoms with Gasteiger partial charge in [0.2, 0.25) is 0 Å². The summed E-state index contributed by atoms with van der Waals surface area (Å²) in [5.41, 5.74) is 3.57. The van der Waals surface area contributed by atoms with Gasteiger partial charge in [-0.2, -0.15) is 5.10 Å². The highest BCUT2D eigenvalue weighted by Gasteiger charge is 2.16. The molecule has 0 aliphatic heterocycles. The van der Waals surface area contributed by atoms with E-state index in [0.29, 0.717) is 37.1 Å². The Morgan fingerprint density at radius 3 is 2.40 bits per heavy atom. The van der Waals surface area contributed by atoms with Gasteiger partial charge in [-0.15, -0.1) is 0 Å². The number of ether oxygens (including phenoxy) is 2. The Morgan fingerprint density at radius 2 is 1.71 bits per heavy atom. The summed E-state index contributed by atoms with van der Waals surface area (Å²) in [4.78, 5) is 25.7. The maximum atomic E-state index is 13.0. The first kappa shape index (κ1) is 26.0. The molecule has 0 heterocycles. The lowest BCUT2D eigenvalue weighted by atomic mass is 10.1. The zero-order valence-electron chi connectivity index (χ0n) is 18.7. The van der Waals surface area contributed by atoms with Gasteiger partial charge in [0.05, 0.1) is 24.9 Å². The van der Waals surface area contributed by atoms with Gasteiger partial charge in [0.25, 0.3) is 11.8 Å². The highest BCUT2D eigenvalue weighted by atomic mass is 79.9. The van der Waals surface area contributed by atoms with Gasteiger partial charge in [-0.05, 0) is 58.4 Å². The van der Waals surface area contributed by atoms with Crippen molar-refractivity contribution in [3.05, 3.63) is 92.0 Å². The molecular weight excluding hydrogens is 582 g/mol. The molecule has 3 rings (SSSR count). The van der Waals surface area contributed by atoms with Gasteiger partial charge in [0.1, 0.15) is 22.9 Å². The molecule has 3 aromatic rings. The first-order chi connectivity index (χ1) is 16.8. The molecule has 3 aromatic carbocycles. The number of hydrogen-bond donors (Lipinski definition) is 3. The Hall–Kier alpha value is -3.63. The van der Waals surface area contributed by atoms with E-state index in [4.69, 9.17) is 9.47 Å². The van der Waals surface area contributed by atoms with Crippen LogP contribution in [0.5, 0.6) is 17.2 Å². The van der Waals surface area contributed by atoms with E-state index in [1.165, 1.54) is 26.5 Å². The van der Waals surface area contributed by atoms with Gasteiger partial charge in [0.15, 0.2) is 0 Å². The summed E-state index contributed by atoms with van der Waals surface area (Å²) >= 11 is 6.58. The van der Waals surface area contributed by atoms with Crippen LogP contribution in [0.4, 0.5) is 0 Å². The average Bonchev–Trinajstić information content (AvgIpc) is 2.86. The smallest absolute Gasteiger partial charge is 0.287 e. The van der Waals surface area contributed by atoms with Crippen molar-refractivity contribution >= 4 is 56.0 Å². The van der Waals surface area contributed by atoms with Gasteiger partial charge in [-0.1, -0.05) is 34.1 Å². The van der Waals surface area contributed by atoms with Crippen molar-refractivity contribution in [2.45, 2.75) is 0 Å². The first-order valence-corrected chi connectivity index (χ1v) is 11.7. The lowest BCUT2D eigenvalue weighted by molar-refractivity contribution is -0.117. The number of methoxy groups -OCH3 is 2. The number of nitrogens with zero attached hydrogens (tertiary/aromatic N) is 1. The molecule has 0 saturated heterocycles. The summed E-state index contributed by atoms with van der Waals surface area (Å²) < 4.78 is 11.8. The molecule has 0 unspecified atom stereocenters. The minimum Gasteiger partial charge on any atom is -0.506 e. The monoisotopic (exact) mass is 601 g/mol. The van der Waals surface area contributed by atoms with E-state index in [0.717, 1.165) is 0 Å². The minimum absolute atomic E-state index is 0.0395. The topological polar surface area (TPSA) is 109 Å². The summed E-state index contributed by atoms with van der Waals surface area (Å²) in [5, 5.41) is 16.7. The lowest BCUT2D eigenvalue weighted by Crippen LogP contribution is -2.32. The molecule has 35 heavy (non-hydrogen) atoms. The second kappa shape index (κ2) is 12.2. The van der Waals surface area contributed by atoms with E-state index in [9.17, 15) is 14.7 Å². The first-order valence-electron chi connectivity index (χ1n) is 10.1.